The lowest BCUT2D eigenvalue weighted by Gasteiger charge is -2.39. The maximum absolute atomic E-state index is 12.1. The highest BCUT2D eigenvalue weighted by Crippen LogP contribution is 2.56. The molecule has 3 rings (SSSR count). The Morgan fingerprint density at radius 2 is 1.21 bits per heavy atom. The van der Waals surface area contributed by atoms with Crippen LogP contribution in [0.1, 0.15) is 31.9 Å². The molecular weight excluding hydrogens is 440 g/mol. The van der Waals surface area contributed by atoms with Gasteiger partial charge in [0.05, 0.1) is 42.7 Å². The molecule has 8 nitrogen and oxygen atoms in total. The van der Waals surface area contributed by atoms with E-state index in [0.29, 0.717) is 47.3 Å². The van der Waals surface area contributed by atoms with Crippen LogP contribution < -0.4 is 28.4 Å². The number of ether oxygens (including phenoxy) is 7. The van der Waals surface area contributed by atoms with Gasteiger partial charge in [-0.2, -0.15) is 0 Å². The van der Waals surface area contributed by atoms with Crippen LogP contribution in [0.15, 0.2) is 12.1 Å². The highest BCUT2D eigenvalue weighted by Gasteiger charge is 2.41. The van der Waals surface area contributed by atoms with Crippen LogP contribution in [0.5, 0.6) is 34.5 Å². The Balaban J connectivity index is 2.53. The van der Waals surface area contributed by atoms with Gasteiger partial charge < -0.3 is 33.2 Å². The maximum atomic E-state index is 12.1. The Morgan fingerprint density at radius 3 is 1.62 bits per heavy atom. The molecule has 8 heteroatoms. The molecule has 0 saturated carbocycles. The van der Waals surface area contributed by atoms with Crippen LogP contribution in [0.2, 0.25) is 0 Å². The van der Waals surface area contributed by atoms with E-state index >= 15 is 0 Å². The Bertz CT molecular complexity index is 1080. The molecule has 0 radical (unpaired) electrons. The molecule has 0 amide bonds. The van der Waals surface area contributed by atoms with E-state index in [-0.39, 0.29) is 11.9 Å². The third-order valence-electron chi connectivity index (χ3n) is 6.56. The van der Waals surface area contributed by atoms with Crippen molar-refractivity contribution < 1.29 is 38.0 Å². The summed E-state index contributed by atoms with van der Waals surface area (Å²) in [5.74, 6) is 2.62. The van der Waals surface area contributed by atoms with Crippen molar-refractivity contribution in [1.82, 2.24) is 0 Å². The third-order valence-corrected chi connectivity index (χ3v) is 6.56. The molecule has 0 aliphatic heterocycles. The molecule has 1 aliphatic rings. The van der Waals surface area contributed by atoms with E-state index in [1.165, 1.54) is 6.92 Å². The molecule has 34 heavy (non-hydrogen) atoms. The van der Waals surface area contributed by atoms with E-state index in [2.05, 4.69) is 6.92 Å². The summed E-state index contributed by atoms with van der Waals surface area (Å²) in [5, 5.41) is 0. The van der Waals surface area contributed by atoms with Crippen LogP contribution in [0.25, 0.3) is 11.1 Å². The monoisotopic (exact) mass is 474 g/mol. The van der Waals surface area contributed by atoms with Crippen LogP contribution in [0.4, 0.5) is 0 Å². The van der Waals surface area contributed by atoms with E-state index in [0.717, 1.165) is 22.3 Å². The molecule has 0 aromatic heterocycles. The number of hydrogen-bond donors (Lipinski definition) is 0. The summed E-state index contributed by atoms with van der Waals surface area (Å²) >= 11 is 0. The molecule has 2 atom stereocenters. The highest BCUT2D eigenvalue weighted by atomic mass is 16.6. The van der Waals surface area contributed by atoms with E-state index in [1.54, 1.807) is 42.7 Å². The van der Waals surface area contributed by atoms with Gasteiger partial charge in [0.25, 0.3) is 0 Å². The predicted molar refractivity (Wildman–Crippen MR) is 128 cm³/mol. The van der Waals surface area contributed by atoms with Crippen LogP contribution in [0, 0.1) is 5.92 Å². The fourth-order valence-corrected chi connectivity index (χ4v) is 4.83. The van der Waals surface area contributed by atoms with E-state index < -0.39 is 5.60 Å². The average molecular weight is 475 g/mol. The molecule has 0 N–H and O–H groups in total. The first-order chi connectivity index (χ1) is 16.2. The van der Waals surface area contributed by atoms with Crippen molar-refractivity contribution in [2.24, 2.45) is 5.92 Å². The van der Waals surface area contributed by atoms with Gasteiger partial charge in [0.15, 0.2) is 23.0 Å². The van der Waals surface area contributed by atoms with E-state index in [1.807, 2.05) is 19.1 Å². The smallest absolute Gasteiger partial charge is 0.303 e. The summed E-state index contributed by atoms with van der Waals surface area (Å²) in [7, 11) is 9.47. The van der Waals surface area contributed by atoms with Crippen molar-refractivity contribution in [3.63, 3.8) is 0 Å². The second-order valence-corrected chi connectivity index (χ2v) is 8.55. The Morgan fingerprint density at radius 1 is 0.765 bits per heavy atom. The van der Waals surface area contributed by atoms with Crippen molar-refractivity contribution in [3.05, 3.63) is 23.3 Å². The molecule has 0 fully saturated rings. The second-order valence-electron chi connectivity index (χ2n) is 8.55. The first kappa shape index (κ1) is 25.3. The Kier molecular flexibility index (Phi) is 7.38. The third kappa shape index (κ3) is 4.17. The zero-order valence-electron chi connectivity index (χ0n) is 21.4. The van der Waals surface area contributed by atoms with Crippen molar-refractivity contribution in [3.8, 4) is 45.6 Å². The minimum Gasteiger partial charge on any atom is -0.493 e. The maximum Gasteiger partial charge on any atom is 0.303 e. The van der Waals surface area contributed by atoms with E-state index in [4.69, 9.17) is 33.2 Å². The zero-order valence-corrected chi connectivity index (χ0v) is 21.4. The topological polar surface area (TPSA) is 81.7 Å². The number of methoxy groups -OCH3 is 6. The zero-order chi connectivity index (χ0) is 25.2. The molecular formula is C26H34O8. The molecule has 2 aromatic rings. The van der Waals surface area contributed by atoms with Crippen molar-refractivity contribution in [2.75, 3.05) is 42.7 Å². The van der Waals surface area contributed by atoms with Crippen LogP contribution in [0.3, 0.4) is 0 Å². The van der Waals surface area contributed by atoms with Crippen molar-refractivity contribution in [2.45, 2.75) is 39.2 Å². The van der Waals surface area contributed by atoms with Crippen molar-refractivity contribution >= 4 is 5.97 Å². The number of hydrogen-bond acceptors (Lipinski definition) is 8. The highest BCUT2D eigenvalue weighted by molar-refractivity contribution is 5.88. The number of carbonyl (C=O) groups is 1. The fraction of sp³-hybridized carbons (Fsp3) is 0.500. The standard InChI is InChI=1S/C26H34O8/c1-14-10-16-11-18(28-4)22(30-6)24(32-8)20(16)21-17(13-26(14,3)34-15(2)27)12-19(29-5)23(31-7)25(21)33-9/h11-12,14H,10,13H2,1-9H3/t14-,26-/m0/s1. The summed E-state index contributed by atoms with van der Waals surface area (Å²) in [5.41, 5.74) is 2.58. The molecule has 2 aromatic carbocycles. The fourth-order valence-electron chi connectivity index (χ4n) is 4.83. The SMILES string of the molecule is COc1cc2c(c(OC)c1OC)-c1c(cc(OC)c(OC)c1OC)C[C@](C)(OC(C)=O)[C@@H](C)C2. The first-order valence-electron chi connectivity index (χ1n) is 11.0. The number of rotatable bonds is 7. The van der Waals surface area contributed by atoms with Crippen molar-refractivity contribution in [1.29, 1.82) is 0 Å². The Labute approximate surface area is 201 Å². The normalized spacial score (nSPS) is 19.0. The summed E-state index contributed by atoms with van der Waals surface area (Å²) in [6, 6.07) is 3.84. The first-order valence-corrected chi connectivity index (χ1v) is 11.0. The van der Waals surface area contributed by atoms with Crippen LogP contribution in [-0.4, -0.2) is 54.2 Å². The lowest BCUT2D eigenvalue weighted by Crippen LogP contribution is -2.42. The predicted octanol–water partition coefficient (Wildman–Crippen LogP) is 4.46. The van der Waals surface area contributed by atoms with Gasteiger partial charge in [0, 0.05) is 30.4 Å². The van der Waals surface area contributed by atoms with Gasteiger partial charge in [-0.1, -0.05) is 6.92 Å². The second kappa shape index (κ2) is 9.91. The Hall–Kier alpha value is -3.29. The summed E-state index contributed by atoms with van der Waals surface area (Å²) in [6.45, 7) is 5.45. The molecule has 1 aliphatic carbocycles. The quantitative estimate of drug-likeness (QED) is 0.544. The van der Waals surface area contributed by atoms with Gasteiger partial charge in [0.2, 0.25) is 11.5 Å². The molecule has 186 valence electrons. The number of fused-ring (bicyclic) bond motifs is 3. The molecule has 0 unspecified atom stereocenters. The van der Waals surface area contributed by atoms with Crippen LogP contribution >= 0.6 is 0 Å². The summed E-state index contributed by atoms with van der Waals surface area (Å²) in [6.07, 6.45) is 1.02. The minimum absolute atomic E-state index is 0.0369. The van der Waals surface area contributed by atoms with E-state index in [9.17, 15) is 4.79 Å². The lowest BCUT2D eigenvalue weighted by atomic mass is 9.74. The summed E-state index contributed by atoms with van der Waals surface area (Å²) in [4.78, 5) is 12.1. The minimum atomic E-state index is -0.788. The van der Waals surface area contributed by atoms with Gasteiger partial charge >= 0.3 is 5.97 Å². The lowest BCUT2D eigenvalue weighted by molar-refractivity contribution is -0.160. The van der Waals surface area contributed by atoms with Gasteiger partial charge in [-0.3, -0.25) is 4.79 Å². The van der Waals surface area contributed by atoms with Gasteiger partial charge in [-0.15, -0.1) is 0 Å². The molecule has 0 heterocycles. The largest absolute Gasteiger partial charge is 0.493 e. The van der Waals surface area contributed by atoms with Gasteiger partial charge in [-0.25, -0.2) is 0 Å². The molecule has 0 bridgehead atoms. The number of carbonyl (C=O) groups excluding carboxylic acids is 1. The van der Waals surface area contributed by atoms with Gasteiger partial charge in [-0.05, 0) is 36.6 Å². The summed E-state index contributed by atoms with van der Waals surface area (Å²) < 4.78 is 40.4. The van der Waals surface area contributed by atoms with Gasteiger partial charge in [0.1, 0.15) is 5.60 Å². The molecule has 0 saturated heterocycles. The van der Waals surface area contributed by atoms with Crippen LogP contribution in [-0.2, 0) is 22.4 Å². The average Bonchev–Trinajstić information content (AvgIpc) is 2.81. The number of esters is 1. The molecule has 0 spiro atoms. The number of benzene rings is 2.